The van der Waals surface area contributed by atoms with E-state index in [4.69, 9.17) is 4.74 Å². The van der Waals surface area contributed by atoms with Gasteiger partial charge in [-0.25, -0.2) is 0 Å². The van der Waals surface area contributed by atoms with Crippen molar-refractivity contribution >= 4 is 29.9 Å². The fraction of sp³-hybridized carbons (Fsp3) is 0.682. The summed E-state index contributed by atoms with van der Waals surface area (Å²) in [5.74, 6) is 1.51. The van der Waals surface area contributed by atoms with E-state index < -0.39 is 0 Å². The van der Waals surface area contributed by atoms with Crippen LogP contribution in [0, 0.1) is 5.92 Å². The van der Waals surface area contributed by atoms with Crippen LogP contribution >= 0.6 is 24.0 Å². The zero-order chi connectivity index (χ0) is 19.9. The van der Waals surface area contributed by atoms with Crippen LogP contribution in [0.3, 0.4) is 0 Å². The molecule has 0 radical (unpaired) electrons. The Labute approximate surface area is 193 Å². The molecule has 0 bridgehead atoms. The Hall–Kier alpha value is -0.900. The molecule has 0 aliphatic carbocycles. The molecule has 2 aliphatic rings. The molecule has 3 rings (SSSR count). The molecular formula is C22H38IN5O. The van der Waals surface area contributed by atoms with Crippen molar-refractivity contribution in [3.05, 3.63) is 35.4 Å². The number of nitrogens with zero attached hydrogens (tertiary/aromatic N) is 3. The monoisotopic (exact) mass is 515 g/mol. The van der Waals surface area contributed by atoms with Crippen molar-refractivity contribution in [1.29, 1.82) is 0 Å². The van der Waals surface area contributed by atoms with Gasteiger partial charge in [0.25, 0.3) is 0 Å². The molecule has 0 aromatic heterocycles. The van der Waals surface area contributed by atoms with E-state index in [2.05, 4.69) is 70.5 Å². The SMILES string of the molecule is CN=C(NCc1cccc(CN2CCOCC2)c1)NC1CN(C(C)C)CC1C.I. The lowest BCUT2D eigenvalue weighted by Gasteiger charge is -2.26. The van der Waals surface area contributed by atoms with Gasteiger partial charge >= 0.3 is 0 Å². The third kappa shape index (κ3) is 7.38. The van der Waals surface area contributed by atoms with Crippen molar-refractivity contribution < 1.29 is 4.74 Å². The standard InChI is InChI=1S/C22H37N5O.HI/c1-17(2)27-14-18(3)21(16-27)25-22(23-4)24-13-19-6-5-7-20(12-19)15-26-8-10-28-11-9-26;/h5-7,12,17-18,21H,8-11,13-16H2,1-4H3,(H2,23,24,25);1H. The molecule has 0 amide bonds. The summed E-state index contributed by atoms with van der Waals surface area (Å²) < 4.78 is 5.45. The Kier molecular flexibility index (Phi) is 10.1. The highest BCUT2D eigenvalue weighted by atomic mass is 127. The first-order valence-electron chi connectivity index (χ1n) is 10.6. The number of hydrogen-bond acceptors (Lipinski definition) is 4. The first kappa shape index (κ1) is 24.4. The van der Waals surface area contributed by atoms with E-state index in [9.17, 15) is 0 Å². The van der Waals surface area contributed by atoms with Crippen LogP contribution in [0.2, 0.25) is 0 Å². The van der Waals surface area contributed by atoms with Gasteiger partial charge < -0.3 is 15.4 Å². The quantitative estimate of drug-likeness (QED) is 0.347. The van der Waals surface area contributed by atoms with Gasteiger partial charge in [0.1, 0.15) is 0 Å². The molecule has 2 fully saturated rings. The van der Waals surface area contributed by atoms with Gasteiger partial charge in [-0.3, -0.25) is 14.8 Å². The largest absolute Gasteiger partial charge is 0.379 e. The van der Waals surface area contributed by atoms with Gasteiger partial charge in [-0.15, -0.1) is 24.0 Å². The number of ether oxygens (including phenoxy) is 1. The molecule has 6 nitrogen and oxygen atoms in total. The smallest absolute Gasteiger partial charge is 0.191 e. The van der Waals surface area contributed by atoms with Crippen molar-refractivity contribution in [3.8, 4) is 0 Å². The average molecular weight is 515 g/mol. The predicted molar refractivity (Wildman–Crippen MR) is 131 cm³/mol. The van der Waals surface area contributed by atoms with Crippen LogP contribution in [0.4, 0.5) is 0 Å². The zero-order valence-electron chi connectivity index (χ0n) is 18.4. The van der Waals surface area contributed by atoms with E-state index in [0.717, 1.165) is 58.4 Å². The molecule has 0 spiro atoms. The van der Waals surface area contributed by atoms with E-state index in [-0.39, 0.29) is 24.0 Å². The number of aliphatic imine (C=N–C) groups is 1. The van der Waals surface area contributed by atoms with Gasteiger partial charge in [-0.1, -0.05) is 31.2 Å². The Bertz CT molecular complexity index is 648. The molecule has 29 heavy (non-hydrogen) atoms. The summed E-state index contributed by atoms with van der Waals surface area (Å²) in [6.45, 7) is 14.6. The number of guanidine groups is 1. The van der Waals surface area contributed by atoms with Gasteiger partial charge in [0.05, 0.1) is 13.2 Å². The van der Waals surface area contributed by atoms with Gasteiger partial charge in [-0.2, -0.15) is 0 Å². The lowest BCUT2D eigenvalue weighted by atomic mass is 10.1. The van der Waals surface area contributed by atoms with Crippen LogP contribution in [0.15, 0.2) is 29.3 Å². The molecule has 164 valence electrons. The summed E-state index contributed by atoms with van der Waals surface area (Å²) in [7, 11) is 1.85. The van der Waals surface area contributed by atoms with E-state index in [0.29, 0.717) is 18.0 Å². The highest BCUT2D eigenvalue weighted by molar-refractivity contribution is 14.0. The first-order valence-corrected chi connectivity index (χ1v) is 10.6. The molecule has 2 saturated heterocycles. The highest BCUT2D eigenvalue weighted by Crippen LogP contribution is 2.18. The van der Waals surface area contributed by atoms with E-state index >= 15 is 0 Å². The van der Waals surface area contributed by atoms with Crippen LogP contribution < -0.4 is 10.6 Å². The molecule has 2 atom stereocenters. The van der Waals surface area contributed by atoms with Crippen LogP contribution in [0.1, 0.15) is 31.9 Å². The topological polar surface area (TPSA) is 52.1 Å². The minimum atomic E-state index is 0. The fourth-order valence-electron chi connectivity index (χ4n) is 4.03. The third-order valence-corrected chi connectivity index (χ3v) is 5.88. The Morgan fingerprint density at radius 2 is 1.93 bits per heavy atom. The molecule has 1 aromatic carbocycles. The summed E-state index contributed by atoms with van der Waals surface area (Å²) in [6.07, 6.45) is 0. The molecule has 2 unspecified atom stereocenters. The number of hydrogen-bond donors (Lipinski definition) is 2. The molecule has 7 heteroatoms. The highest BCUT2D eigenvalue weighted by Gasteiger charge is 2.31. The second kappa shape index (κ2) is 12.1. The number of halogens is 1. The van der Waals surface area contributed by atoms with Crippen molar-refractivity contribution in [2.75, 3.05) is 46.4 Å². The van der Waals surface area contributed by atoms with E-state index in [1.807, 2.05) is 7.05 Å². The minimum absolute atomic E-state index is 0. The second-order valence-corrected chi connectivity index (χ2v) is 8.41. The number of rotatable bonds is 6. The van der Waals surface area contributed by atoms with Gasteiger partial charge in [0.15, 0.2) is 5.96 Å². The van der Waals surface area contributed by atoms with Crippen LogP contribution in [-0.4, -0.2) is 74.3 Å². The number of benzene rings is 1. The van der Waals surface area contributed by atoms with Crippen LogP contribution in [0.25, 0.3) is 0 Å². The van der Waals surface area contributed by atoms with E-state index in [1.165, 1.54) is 11.1 Å². The third-order valence-electron chi connectivity index (χ3n) is 5.88. The molecule has 2 heterocycles. The van der Waals surface area contributed by atoms with Gasteiger partial charge in [-0.05, 0) is 30.9 Å². The molecule has 2 aliphatic heterocycles. The van der Waals surface area contributed by atoms with Crippen molar-refractivity contribution in [2.24, 2.45) is 10.9 Å². The normalized spacial score (nSPS) is 23.8. The predicted octanol–water partition coefficient (Wildman–Crippen LogP) is 2.53. The lowest BCUT2D eigenvalue weighted by Crippen LogP contribution is -2.46. The Morgan fingerprint density at radius 3 is 2.59 bits per heavy atom. The molecule has 0 saturated carbocycles. The number of nitrogens with one attached hydrogen (secondary N) is 2. The molecule has 2 N–H and O–H groups in total. The lowest BCUT2D eigenvalue weighted by molar-refractivity contribution is 0.0342. The zero-order valence-corrected chi connectivity index (χ0v) is 20.7. The maximum absolute atomic E-state index is 5.45. The summed E-state index contributed by atoms with van der Waals surface area (Å²) in [5.41, 5.74) is 2.65. The first-order chi connectivity index (χ1) is 13.5. The van der Waals surface area contributed by atoms with E-state index in [1.54, 1.807) is 0 Å². The van der Waals surface area contributed by atoms with Crippen molar-refractivity contribution in [2.45, 2.75) is 45.9 Å². The second-order valence-electron chi connectivity index (χ2n) is 8.41. The average Bonchev–Trinajstić information content (AvgIpc) is 3.07. The minimum Gasteiger partial charge on any atom is -0.379 e. The summed E-state index contributed by atoms with van der Waals surface area (Å²) in [6, 6.07) is 9.89. The number of likely N-dealkylation sites (tertiary alicyclic amines) is 1. The van der Waals surface area contributed by atoms with Crippen LogP contribution in [-0.2, 0) is 17.8 Å². The number of morpholine rings is 1. The van der Waals surface area contributed by atoms with Gasteiger partial charge in [0.2, 0.25) is 0 Å². The fourth-order valence-corrected chi connectivity index (χ4v) is 4.03. The summed E-state index contributed by atoms with van der Waals surface area (Å²) >= 11 is 0. The summed E-state index contributed by atoms with van der Waals surface area (Å²) in [4.78, 5) is 9.43. The van der Waals surface area contributed by atoms with Crippen molar-refractivity contribution in [1.82, 2.24) is 20.4 Å². The van der Waals surface area contributed by atoms with Gasteiger partial charge in [0, 0.05) is 58.4 Å². The molecule has 1 aromatic rings. The Morgan fingerprint density at radius 1 is 1.21 bits per heavy atom. The Balaban J connectivity index is 0.00000300. The van der Waals surface area contributed by atoms with Crippen molar-refractivity contribution in [3.63, 3.8) is 0 Å². The van der Waals surface area contributed by atoms with Crippen LogP contribution in [0.5, 0.6) is 0 Å². The molecular weight excluding hydrogens is 477 g/mol. The maximum Gasteiger partial charge on any atom is 0.191 e. The maximum atomic E-state index is 5.45. The summed E-state index contributed by atoms with van der Waals surface area (Å²) in [5, 5.41) is 7.12.